The first-order chi connectivity index (χ1) is 13.9. The van der Waals surface area contributed by atoms with Crippen LogP contribution in [0.5, 0.6) is 0 Å². The van der Waals surface area contributed by atoms with Crippen LogP contribution in [0.25, 0.3) is 0 Å². The molecule has 1 atom stereocenters. The van der Waals surface area contributed by atoms with E-state index in [0.717, 1.165) is 5.56 Å². The van der Waals surface area contributed by atoms with Crippen LogP contribution in [0, 0.1) is 18.6 Å². The molecule has 0 saturated heterocycles. The predicted octanol–water partition coefficient (Wildman–Crippen LogP) is 4.46. The molecule has 0 saturated carbocycles. The number of hydrogen-bond donors (Lipinski definition) is 1. The third kappa shape index (κ3) is 3.74. The molecule has 0 bridgehead atoms. The van der Waals surface area contributed by atoms with Crippen molar-refractivity contribution in [2.45, 2.75) is 13.0 Å². The third-order valence-electron chi connectivity index (χ3n) is 4.95. The number of hydrogen-bond acceptors (Lipinski definition) is 2. The lowest BCUT2D eigenvalue weighted by Gasteiger charge is -2.30. The molecule has 1 aliphatic heterocycles. The topological polar surface area (TPSA) is 49.4 Å². The Labute approximate surface area is 166 Å². The highest BCUT2D eigenvalue weighted by Crippen LogP contribution is 2.37. The summed E-state index contributed by atoms with van der Waals surface area (Å²) in [6, 6.07) is 15.9. The van der Waals surface area contributed by atoms with Gasteiger partial charge < -0.3 is 10.2 Å². The standard InChI is InChI=1S/C23H18F2N2O2/c1-14-2-4-16(5-3-14)23(29)27-13-21(28)26-20-11-10-18(25)12-19(20)22(27)15-6-8-17(24)9-7-15/h2-12,22H,13H2,1H3,(H,26,28)/t22-/m1/s1. The Morgan fingerprint density at radius 1 is 0.966 bits per heavy atom. The van der Waals surface area contributed by atoms with E-state index in [4.69, 9.17) is 0 Å². The van der Waals surface area contributed by atoms with E-state index in [9.17, 15) is 18.4 Å². The summed E-state index contributed by atoms with van der Waals surface area (Å²) in [7, 11) is 0. The van der Waals surface area contributed by atoms with Crippen LogP contribution in [-0.2, 0) is 4.79 Å². The monoisotopic (exact) mass is 392 g/mol. The maximum absolute atomic E-state index is 14.1. The van der Waals surface area contributed by atoms with Gasteiger partial charge in [0.05, 0.1) is 6.04 Å². The summed E-state index contributed by atoms with van der Waals surface area (Å²) in [4.78, 5) is 27.2. The van der Waals surface area contributed by atoms with E-state index in [0.29, 0.717) is 22.4 Å². The Hall–Kier alpha value is -3.54. The first-order valence-electron chi connectivity index (χ1n) is 9.15. The number of fused-ring (bicyclic) bond motifs is 1. The molecule has 6 heteroatoms. The molecule has 146 valence electrons. The Bertz CT molecular complexity index is 1080. The molecule has 0 spiro atoms. The second-order valence-corrected chi connectivity index (χ2v) is 7.03. The SMILES string of the molecule is Cc1ccc(C(=O)N2CC(=O)Nc3ccc(F)cc3[C@H]2c2ccc(F)cc2)cc1. The fourth-order valence-electron chi connectivity index (χ4n) is 3.53. The van der Waals surface area contributed by atoms with E-state index in [2.05, 4.69) is 5.32 Å². The minimum Gasteiger partial charge on any atom is -0.324 e. The molecule has 0 radical (unpaired) electrons. The smallest absolute Gasteiger partial charge is 0.255 e. The molecular weight excluding hydrogens is 374 g/mol. The number of carbonyl (C=O) groups is 2. The number of nitrogens with zero attached hydrogens (tertiary/aromatic N) is 1. The number of nitrogens with one attached hydrogen (secondary N) is 1. The normalized spacial score (nSPS) is 16.0. The van der Waals surface area contributed by atoms with Crippen LogP contribution in [-0.4, -0.2) is 23.3 Å². The lowest BCUT2D eigenvalue weighted by molar-refractivity contribution is -0.117. The molecule has 0 aliphatic carbocycles. The Morgan fingerprint density at radius 3 is 2.31 bits per heavy atom. The number of rotatable bonds is 2. The van der Waals surface area contributed by atoms with E-state index < -0.39 is 17.7 Å². The van der Waals surface area contributed by atoms with Gasteiger partial charge in [-0.05, 0) is 55.0 Å². The Kier molecular flexibility index (Phi) is 4.84. The lowest BCUT2D eigenvalue weighted by Crippen LogP contribution is -2.39. The molecule has 1 heterocycles. The molecule has 3 aromatic carbocycles. The summed E-state index contributed by atoms with van der Waals surface area (Å²) < 4.78 is 27.6. The molecular formula is C23H18F2N2O2. The van der Waals surface area contributed by atoms with E-state index in [-0.39, 0.29) is 18.4 Å². The van der Waals surface area contributed by atoms with Crippen molar-refractivity contribution in [2.24, 2.45) is 0 Å². The second kappa shape index (κ2) is 7.47. The van der Waals surface area contributed by atoms with Crippen molar-refractivity contribution in [2.75, 3.05) is 11.9 Å². The van der Waals surface area contributed by atoms with Crippen molar-refractivity contribution >= 4 is 17.5 Å². The van der Waals surface area contributed by atoms with Gasteiger partial charge in [0, 0.05) is 16.8 Å². The summed E-state index contributed by atoms with van der Waals surface area (Å²) in [5, 5.41) is 2.73. The fourth-order valence-corrected chi connectivity index (χ4v) is 3.53. The Morgan fingerprint density at radius 2 is 1.62 bits per heavy atom. The molecule has 1 aliphatic rings. The van der Waals surface area contributed by atoms with Gasteiger partial charge in [0.1, 0.15) is 18.2 Å². The zero-order valence-corrected chi connectivity index (χ0v) is 15.7. The van der Waals surface area contributed by atoms with E-state index >= 15 is 0 Å². The van der Waals surface area contributed by atoms with E-state index in [1.807, 2.05) is 19.1 Å². The summed E-state index contributed by atoms with van der Waals surface area (Å²) in [5.74, 6) is -1.67. The summed E-state index contributed by atoms with van der Waals surface area (Å²) in [6.07, 6.45) is 0. The average Bonchev–Trinajstić information content (AvgIpc) is 2.84. The minimum absolute atomic E-state index is 0.217. The van der Waals surface area contributed by atoms with Crippen molar-refractivity contribution in [1.82, 2.24) is 4.90 Å². The number of aryl methyl sites for hydroxylation is 1. The highest BCUT2D eigenvalue weighted by molar-refractivity contribution is 6.01. The van der Waals surface area contributed by atoms with Gasteiger partial charge in [0.25, 0.3) is 5.91 Å². The van der Waals surface area contributed by atoms with Crippen molar-refractivity contribution in [3.63, 3.8) is 0 Å². The van der Waals surface area contributed by atoms with Crippen LogP contribution in [0.1, 0.15) is 33.1 Å². The van der Waals surface area contributed by atoms with Gasteiger partial charge in [-0.1, -0.05) is 29.8 Å². The van der Waals surface area contributed by atoms with Gasteiger partial charge in [-0.15, -0.1) is 0 Å². The van der Waals surface area contributed by atoms with Crippen LogP contribution < -0.4 is 5.32 Å². The maximum atomic E-state index is 14.1. The first-order valence-corrected chi connectivity index (χ1v) is 9.15. The Balaban J connectivity index is 1.88. The summed E-state index contributed by atoms with van der Waals surface area (Å²) in [6.45, 7) is 1.69. The van der Waals surface area contributed by atoms with Crippen molar-refractivity contribution in [3.05, 3.63) is 101 Å². The summed E-state index contributed by atoms with van der Waals surface area (Å²) >= 11 is 0. The van der Waals surface area contributed by atoms with Gasteiger partial charge in [-0.3, -0.25) is 9.59 Å². The fraction of sp³-hybridized carbons (Fsp3) is 0.130. The predicted molar refractivity (Wildman–Crippen MR) is 105 cm³/mol. The quantitative estimate of drug-likeness (QED) is 0.700. The number of amides is 2. The molecule has 4 nitrogen and oxygen atoms in total. The first kappa shape index (κ1) is 18.8. The van der Waals surface area contributed by atoms with Gasteiger partial charge in [0.15, 0.2) is 0 Å². The van der Waals surface area contributed by atoms with Crippen LogP contribution >= 0.6 is 0 Å². The molecule has 1 N–H and O–H groups in total. The average molecular weight is 392 g/mol. The van der Waals surface area contributed by atoms with Crippen LogP contribution in [0.4, 0.5) is 14.5 Å². The molecule has 4 rings (SSSR count). The minimum atomic E-state index is -0.756. The van der Waals surface area contributed by atoms with Crippen molar-refractivity contribution in [1.29, 1.82) is 0 Å². The van der Waals surface area contributed by atoms with Crippen molar-refractivity contribution in [3.8, 4) is 0 Å². The molecule has 3 aromatic rings. The maximum Gasteiger partial charge on any atom is 0.255 e. The molecule has 0 fully saturated rings. The van der Waals surface area contributed by atoms with Gasteiger partial charge in [0.2, 0.25) is 5.91 Å². The number of benzene rings is 3. The molecule has 2 amide bonds. The van der Waals surface area contributed by atoms with Gasteiger partial charge in [-0.2, -0.15) is 0 Å². The van der Waals surface area contributed by atoms with Gasteiger partial charge >= 0.3 is 0 Å². The summed E-state index contributed by atoms with van der Waals surface area (Å²) in [5.41, 5.74) is 2.84. The molecule has 0 unspecified atom stereocenters. The van der Waals surface area contributed by atoms with E-state index in [1.54, 1.807) is 24.3 Å². The molecule has 0 aromatic heterocycles. The molecule has 29 heavy (non-hydrogen) atoms. The van der Waals surface area contributed by atoms with Crippen LogP contribution in [0.2, 0.25) is 0 Å². The third-order valence-corrected chi connectivity index (χ3v) is 4.95. The van der Waals surface area contributed by atoms with E-state index in [1.165, 1.54) is 35.2 Å². The number of halogens is 2. The largest absolute Gasteiger partial charge is 0.324 e. The lowest BCUT2D eigenvalue weighted by atomic mass is 9.95. The zero-order chi connectivity index (χ0) is 20.5. The van der Waals surface area contributed by atoms with Gasteiger partial charge in [-0.25, -0.2) is 8.78 Å². The second-order valence-electron chi connectivity index (χ2n) is 7.03. The number of carbonyl (C=O) groups excluding carboxylic acids is 2. The number of anilines is 1. The highest BCUT2D eigenvalue weighted by Gasteiger charge is 2.34. The highest BCUT2D eigenvalue weighted by atomic mass is 19.1. The van der Waals surface area contributed by atoms with Crippen LogP contribution in [0.3, 0.4) is 0 Å². The zero-order valence-electron chi connectivity index (χ0n) is 15.7. The van der Waals surface area contributed by atoms with Crippen molar-refractivity contribution < 1.29 is 18.4 Å². The van der Waals surface area contributed by atoms with Crippen LogP contribution in [0.15, 0.2) is 66.7 Å².